The summed E-state index contributed by atoms with van der Waals surface area (Å²) in [6.07, 6.45) is 0. The van der Waals surface area contributed by atoms with Crippen LogP contribution in [0.3, 0.4) is 0 Å². The maximum atomic E-state index is 13.3. The second-order valence-corrected chi connectivity index (χ2v) is 7.48. The van der Waals surface area contributed by atoms with E-state index in [0.29, 0.717) is 34.8 Å². The summed E-state index contributed by atoms with van der Waals surface area (Å²) in [5.41, 5.74) is 2.72. The van der Waals surface area contributed by atoms with Crippen LogP contribution < -0.4 is 16.0 Å². The summed E-state index contributed by atoms with van der Waals surface area (Å²) >= 11 is 1.35. The molecule has 0 fully saturated rings. The Hall–Kier alpha value is -3.12. The molecule has 4 aromatic rings. The van der Waals surface area contributed by atoms with Crippen molar-refractivity contribution in [1.29, 1.82) is 0 Å². The molecule has 4 rings (SSSR count). The number of ether oxygens (including phenoxy) is 1. The summed E-state index contributed by atoms with van der Waals surface area (Å²) in [5.74, 6) is 0.705. The number of benzene rings is 2. The van der Waals surface area contributed by atoms with Crippen molar-refractivity contribution in [1.82, 2.24) is 9.13 Å². The number of aryl methyl sites for hydroxylation is 1. The van der Waals surface area contributed by atoms with Crippen molar-refractivity contribution in [3.8, 4) is 11.4 Å². The summed E-state index contributed by atoms with van der Waals surface area (Å²) in [4.78, 5) is 26.3. The lowest BCUT2D eigenvalue weighted by molar-refractivity contribution is 0.340. The van der Waals surface area contributed by atoms with E-state index >= 15 is 0 Å². The Morgan fingerprint density at radius 1 is 1.04 bits per heavy atom. The predicted octanol–water partition coefficient (Wildman–Crippen LogP) is 3.97. The summed E-state index contributed by atoms with van der Waals surface area (Å²) in [5, 5.41) is 1.85. The zero-order valence-electron chi connectivity index (χ0n) is 15.7. The molecule has 0 saturated heterocycles. The molecule has 0 aliphatic heterocycles. The highest BCUT2D eigenvalue weighted by Crippen LogP contribution is 2.19. The van der Waals surface area contributed by atoms with Crippen LogP contribution in [0.5, 0.6) is 5.75 Å². The van der Waals surface area contributed by atoms with Crippen LogP contribution in [0.4, 0.5) is 0 Å². The lowest BCUT2D eigenvalue weighted by Gasteiger charge is -2.13. The van der Waals surface area contributed by atoms with Crippen molar-refractivity contribution in [2.45, 2.75) is 20.4 Å². The van der Waals surface area contributed by atoms with E-state index in [2.05, 4.69) is 6.07 Å². The van der Waals surface area contributed by atoms with Crippen molar-refractivity contribution in [2.24, 2.45) is 0 Å². The molecule has 28 heavy (non-hydrogen) atoms. The number of thiophene rings is 1. The highest BCUT2D eigenvalue weighted by molar-refractivity contribution is 7.17. The highest BCUT2D eigenvalue weighted by Gasteiger charge is 2.16. The quantitative estimate of drug-likeness (QED) is 0.516. The average molecular weight is 392 g/mol. The molecule has 142 valence electrons. The van der Waals surface area contributed by atoms with Crippen LogP contribution >= 0.6 is 11.3 Å². The minimum atomic E-state index is -0.346. The molecule has 0 spiro atoms. The Bertz CT molecular complexity index is 1250. The first-order chi connectivity index (χ1) is 13.6. The van der Waals surface area contributed by atoms with Crippen LogP contribution in [0.15, 0.2) is 69.6 Å². The molecule has 5 nitrogen and oxygen atoms in total. The second kappa shape index (κ2) is 7.48. The van der Waals surface area contributed by atoms with Crippen LogP contribution in [0.1, 0.15) is 18.1 Å². The molecular weight excluding hydrogens is 372 g/mol. The molecule has 2 aromatic carbocycles. The van der Waals surface area contributed by atoms with Gasteiger partial charge in [-0.3, -0.25) is 9.36 Å². The van der Waals surface area contributed by atoms with Crippen LogP contribution in [0.25, 0.3) is 15.9 Å². The fraction of sp³-hybridized carbons (Fsp3) is 0.182. The Morgan fingerprint density at radius 3 is 2.54 bits per heavy atom. The first-order valence-electron chi connectivity index (χ1n) is 9.10. The number of rotatable bonds is 5. The number of nitrogens with zero attached hydrogens (tertiary/aromatic N) is 2. The topological polar surface area (TPSA) is 53.2 Å². The van der Waals surface area contributed by atoms with Gasteiger partial charge in [-0.25, -0.2) is 9.36 Å². The molecule has 0 unspecified atom stereocenters. The maximum absolute atomic E-state index is 13.3. The first-order valence-corrected chi connectivity index (χ1v) is 9.98. The van der Waals surface area contributed by atoms with E-state index < -0.39 is 0 Å². The van der Waals surface area contributed by atoms with E-state index in [-0.39, 0.29) is 11.2 Å². The smallest absolute Gasteiger partial charge is 0.336 e. The van der Waals surface area contributed by atoms with Gasteiger partial charge in [-0.15, -0.1) is 11.3 Å². The Balaban J connectivity index is 1.90. The second-order valence-electron chi connectivity index (χ2n) is 6.56. The molecule has 0 aliphatic carbocycles. The van der Waals surface area contributed by atoms with Gasteiger partial charge in [-0.2, -0.15) is 0 Å². The number of hydrogen-bond acceptors (Lipinski definition) is 4. The number of fused-ring (bicyclic) bond motifs is 1. The largest absolute Gasteiger partial charge is 0.494 e. The molecule has 0 radical (unpaired) electrons. The van der Waals surface area contributed by atoms with Gasteiger partial charge in [0.25, 0.3) is 5.56 Å². The van der Waals surface area contributed by atoms with Crippen molar-refractivity contribution in [3.63, 3.8) is 0 Å². The van der Waals surface area contributed by atoms with E-state index in [1.54, 1.807) is 28.8 Å². The summed E-state index contributed by atoms with van der Waals surface area (Å²) < 4.78 is 8.94. The Labute approximate surface area is 166 Å². The summed E-state index contributed by atoms with van der Waals surface area (Å²) in [6.45, 7) is 4.90. The normalized spacial score (nSPS) is 11.1. The van der Waals surface area contributed by atoms with Crippen LogP contribution in [-0.2, 0) is 6.54 Å². The van der Waals surface area contributed by atoms with E-state index in [4.69, 9.17) is 4.74 Å². The SMILES string of the molecule is CCOc1ccc(-n2c(=O)c3sccc3n(Cc3cccc(C)c3)c2=O)cc1. The Morgan fingerprint density at radius 2 is 1.82 bits per heavy atom. The third-order valence-corrected chi connectivity index (χ3v) is 5.48. The van der Waals surface area contributed by atoms with Crippen LogP contribution in [0.2, 0.25) is 0 Å². The van der Waals surface area contributed by atoms with Gasteiger partial charge < -0.3 is 4.74 Å². The zero-order chi connectivity index (χ0) is 19.7. The van der Waals surface area contributed by atoms with Gasteiger partial charge in [0.05, 0.1) is 24.4 Å². The van der Waals surface area contributed by atoms with E-state index in [9.17, 15) is 9.59 Å². The molecule has 2 aromatic heterocycles. The molecule has 0 bridgehead atoms. The zero-order valence-corrected chi connectivity index (χ0v) is 16.5. The fourth-order valence-corrected chi connectivity index (χ4v) is 4.14. The molecule has 0 N–H and O–H groups in total. The number of hydrogen-bond donors (Lipinski definition) is 0. The lowest BCUT2D eigenvalue weighted by Crippen LogP contribution is -2.38. The van der Waals surface area contributed by atoms with Gasteiger partial charge >= 0.3 is 5.69 Å². The third kappa shape index (κ3) is 3.27. The van der Waals surface area contributed by atoms with Gasteiger partial charge in [0, 0.05) is 0 Å². The molecule has 0 amide bonds. The summed E-state index contributed by atoms with van der Waals surface area (Å²) in [6, 6.07) is 16.9. The maximum Gasteiger partial charge on any atom is 0.336 e. The minimum Gasteiger partial charge on any atom is -0.494 e. The summed E-state index contributed by atoms with van der Waals surface area (Å²) in [7, 11) is 0. The van der Waals surface area contributed by atoms with Crippen molar-refractivity contribution >= 4 is 21.6 Å². The minimum absolute atomic E-state index is 0.292. The van der Waals surface area contributed by atoms with E-state index in [0.717, 1.165) is 11.1 Å². The van der Waals surface area contributed by atoms with Gasteiger partial charge in [-0.05, 0) is 55.1 Å². The number of aromatic nitrogens is 2. The van der Waals surface area contributed by atoms with Crippen LogP contribution in [-0.4, -0.2) is 15.7 Å². The third-order valence-electron chi connectivity index (χ3n) is 4.58. The highest BCUT2D eigenvalue weighted by atomic mass is 32.1. The molecular formula is C22H20N2O3S. The Kier molecular flexibility index (Phi) is 4.88. The fourth-order valence-electron chi connectivity index (χ4n) is 3.32. The molecule has 2 heterocycles. The molecule has 6 heteroatoms. The first kappa shape index (κ1) is 18.3. The average Bonchev–Trinajstić information content (AvgIpc) is 3.17. The van der Waals surface area contributed by atoms with Gasteiger partial charge in [0.1, 0.15) is 10.4 Å². The molecule has 0 atom stereocenters. The lowest BCUT2D eigenvalue weighted by atomic mass is 10.1. The standard InChI is InChI=1S/C22H20N2O3S/c1-3-27-18-9-7-17(8-10-18)24-21(25)20-19(11-12-28-20)23(22(24)26)14-16-6-4-5-15(2)13-16/h4-13H,3,14H2,1-2H3. The van der Waals surface area contributed by atoms with Gasteiger partial charge in [0.15, 0.2) is 0 Å². The van der Waals surface area contributed by atoms with Gasteiger partial charge in [0.2, 0.25) is 0 Å². The van der Waals surface area contributed by atoms with Crippen molar-refractivity contribution in [3.05, 3.63) is 91.9 Å². The predicted molar refractivity (Wildman–Crippen MR) is 113 cm³/mol. The van der Waals surface area contributed by atoms with Gasteiger partial charge in [-0.1, -0.05) is 29.8 Å². The monoisotopic (exact) mass is 392 g/mol. The van der Waals surface area contributed by atoms with E-state index in [1.165, 1.54) is 15.9 Å². The molecule has 0 saturated carbocycles. The van der Waals surface area contributed by atoms with Crippen molar-refractivity contribution in [2.75, 3.05) is 6.61 Å². The van der Waals surface area contributed by atoms with E-state index in [1.807, 2.05) is 43.5 Å². The van der Waals surface area contributed by atoms with Crippen molar-refractivity contribution < 1.29 is 4.74 Å². The van der Waals surface area contributed by atoms with Crippen LogP contribution in [0, 0.1) is 6.92 Å². The molecule has 0 aliphatic rings.